The molecule has 0 radical (unpaired) electrons. The van der Waals surface area contributed by atoms with Gasteiger partial charge in [0.05, 0.1) is 9.90 Å². The van der Waals surface area contributed by atoms with E-state index in [1.54, 1.807) is 6.07 Å². The molecule has 5 nitrogen and oxygen atoms in total. The number of hydrogen-bond donors (Lipinski definition) is 2. The number of benzene rings is 1. The topological polar surface area (TPSA) is 76.7 Å². The zero-order valence-corrected chi connectivity index (χ0v) is 12.2. The third-order valence-corrected chi connectivity index (χ3v) is 3.52. The summed E-state index contributed by atoms with van der Waals surface area (Å²) >= 11 is 7.01. The van der Waals surface area contributed by atoms with Crippen LogP contribution in [0, 0.1) is 5.82 Å². The van der Waals surface area contributed by atoms with Crippen LogP contribution in [0.2, 0.25) is 5.02 Å². The fraction of sp³-hybridized carbons (Fsp3) is 0.0769. The van der Waals surface area contributed by atoms with Gasteiger partial charge in [0.25, 0.3) is 5.91 Å². The Balaban J connectivity index is 1.85. The van der Waals surface area contributed by atoms with Crippen molar-refractivity contribution < 1.29 is 14.0 Å². The van der Waals surface area contributed by atoms with Crippen molar-refractivity contribution in [1.29, 1.82) is 0 Å². The minimum atomic E-state index is -0.556. The van der Waals surface area contributed by atoms with Crippen LogP contribution in [0.4, 0.5) is 10.1 Å². The van der Waals surface area contributed by atoms with Crippen molar-refractivity contribution in [1.82, 2.24) is 0 Å². The number of hydrogen-bond acceptors (Lipinski definition) is 4. The number of thiophene rings is 1. The van der Waals surface area contributed by atoms with Crippen LogP contribution < -0.4 is 11.1 Å². The Morgan fingerprint density at radius 2 is 2.29 bits per heavy atom. The van der Waals surface area contributed by atoms with Crippen LogP contribution in [0.15, 0.2) is 40.9 Å². The predicted molar refractivity (Wildman–Crippen MR) is 81.0 cm³/mol. The number of carbonyl (C=O) groups is 1. The molecule has 0 atom stereocenters. The fourth-order valence-corrected chi connectivity index (χ4v) is 2.20. The van der Waals surface area contributed by atoms with Crippen molar-refractivity contribution >= 4 is 40.4 Å². The van der Waals surface area contributed by atoms with Gasteiger partial charge in [-0.1, -0.05) is 22.8 Å². The van der Waals surface area contributed by atoms with E-state index in [0.717, 1.165) is 10.9 Å². The van der Waals surface area contributed by atoms with E-state index in [-0.39, 0.29) is 17.5 Å². The summed E-state index contributed by atoms with van der Waals surface area (Å²) in [5.74, 6) is -0.817. The molecular weight excluding hydrogens is 317 g/mol. The maximum atomic E-state index is 13.0. The maximum absolute atomic E-state index is 13.0. The van der Waals surface area contributed by atoms with Gasteiger partial charge in [-0.05, 0) is 29.6 Å². The minimum Gasteiger partial charge on any atom is -0.384 e. The summed E-state index contributed by atoms with van der Waals surface area (Å²) in [6, 6.07) is 7.47. The first-order valence-electron chi connectivity index (χ1n) is 5.80. The first-order chi connectivity index (χ1) is 10.1. The van der Waals surface area contributed by atoms with E-state index in [4.69, 9.17) is 22.2 Å². The summed E-state index contributed by atoms with van der Waals surface area (Å²) in [7, 11) is 0. The summed E-state index contributed by atoms with van der Waals surface area (Å²) < 4.78 is 13.0. The molecule has 1 amide bonds. The third kappa shape index (κ3) is 4.44. The standard InChI is InChI=1S/C13H11ClFN3O2S/c14-9-6-8(3-4-10(9)15)17-12(19)7-20-18-13(16)11-2-1-5-21-11/h1-6H,7H2,(H2,16,18)(H,17,19). The third-order valence-electron chi connectivity index (χ3n) is 2.34. The molecule has 0 saturated heterocycles. The summed E-state index contributed by atoms with van der Waals surface area (Å²) in [5.41, 5.74) is 6.03. The van der Waals surface area contributed by atoms with Crippen LogP contribution in [0.3, 0.4) is 0 Å². The molecule has 1 heterocycles. The van der Waals surface area contributed by atoms with Crippen LogP contribution in [-0.4, -0.2) is 18.3 Å². The second kappa shape index (κ2) is 7.05. The molecule has 2 rings (SSSR count). The normalized spacial score (nSPS) is 11.2. The molecule has 0 unspecified atom stereocenters. The zero-order chi connectivity index (χ0) is 15.2. The molecule has 1 aromatic carbocycles. The summed E-state index contributed by atoms with van der Waals surface area (Å²) in [4.78, 5) is 17.2. The molecule has 110 valence electrons. The number of rotatable bonds is 5. The number of oxime groups is 1. The van der Waals surface area contributed by atoms with E-state index < -0.39 is 11.7 Å². The molecule has 3 N–H and O–H groups in total. The van der Waals surface area contributed by atoms with Gasteiger partial charge in [0.1, 0.15) is 5.82 Å². The molecular formula is C13H11ClFN3O2S. The zero-order valence-electron chi connectivity index (χ0n) is 10.7. The summed E-state index contributed by atoms with van der Waals surface area (Å²) in [6.45, 7) is -0.318. The highest BCUT2D eigenvalue weighted by Crippen LogP contribution is 2.19. The van der Waals surface area contributed by atoms with Gasteiger partial charge in [0.15, 0.2) is 12.4 Å². The monoisotopic (exact) mass is 327 g/mol. The lowest BCUT2D eigenvalue weighted by molar-refractivity contribution is -0.120. The molecule has 0 aliphatic rings. The van der Waals surface area contributed by atoms with Crippen molar-refractivity contribution in [3.63, 3.8) is 0 Å². The van der Waals surface area contributed by atoms with Gasteiger partial charge in [-0.25, -0.2) is 4.39 Å². The Kier molecular flexibility index (Phi) is 5.13. The lowest BCUT2D eigenvalue weighted by Gasteiger charge is -2.05. The smallest absolute Gasteiger partial charge is 0.265 e. The summed E-state index contributed by atoms with van der Waals surface area (Å²) in [6.07, 6.45) is 0. The summed E-state index contributed by atoms with van der Waals surface area (Å²) in [5, 5.41) is 7.91. The number of nitrogens with zero attached hydrogens (tertiary/aromatic N) is 1. The van der Waals surface area contributed by atoms with Crippen molar-refractivity contribution in [2.45, 2.75) is 0 Å². The number of amidine groups is 1. The Morgan fingerprint density at radius 3 is 2.95 bits per heavy atom. The number of nitrogens with one attached hydrogen (secondary N) is 1. The van der Waals surface area contributed by atoms with Gasteiger partial charge in [0, 0.05) is 5.69 Å². The van der Waals surface area contributed by atoms with Crippen LogP contribution in [0.25, 0.3) is 0 Å². The van der Waals surface area contributed by atoms with E-state index in [2.05, 4.69) is 10.5 Å². The van der Waals surface area contributed by atoms with Gasteiger partial charge >= 0.3 is 0 Å². The average Bonchev–Trinajstić information content (AvgIpc) is 2.97. The molecule has 2 aromatic rings. The molecule has 0 spiro atoms. The molecule has 8 heteroatoms. The number of carbonyl (C=O) groups excluding carboxylic acids is 1. The Morgan fingerprint density at radius 1 is 1.48 bits per heavy atom. The molecule has 21 heavy (non-hydrogen) atoms. The van der Waals surface area contributed by atoms with Crippen molar-refractivity contribution in [3.8, 4) is 0 Å². The molecule has 0 saturated carbocycles. The number of anilines is 1. The second-order valence-corrected chi connectivity index (χ2v) is 5.26. The Hall–Kier alpha value is -2.12. The highest BCUT2D eigenvalue weighted by atomic mass is 35.5. The van der Waals surface area contributed by atoms with Gasteiger partial charge in [-0.3, -0.25) is 4.79 Å². The Labute approximate surface area is 129 Å². The first-order valence-corrected chi connectivity index (χ1v) is 7.06. The van der Waals surface area contributed by atoms with Crippen molar-refractivity contribution in [2.75, 3.05) is 11.9 Å². The molecule has 0 fully saturated rings. The van der Waals surface area contributed by atoms with Gasteiger partial charge < -0.3 is 15.9 Å². The minimum absolute atomic E-state index is 0.0753. The van der Waals surface area contributed by atoms with Crippen LogP contribution in [0.5, 0.6) is 0 Å². The van der Waals surface area contributed by atoms with E-state index in [1.165, 1.54) is 23.5 Å². The lowest BCUT2D eigenvalue weighted by atomic mass is 10.3. The van der Waals surface area contributed by atoms with Gasteiger partial charge in [0.2, 0.25) is 0 Å². The van der Waals surface area contributed by atoms with Crippen molar-refractivity contribution in [2.24, 2.45) is 10.9 Å². The molecule has 0 bridgehead atoms. The first kappa shape index (κ1) is 15.3. The van der Waals surface area contributed by atoms with E-state index in [1.807, 2.05) is 11.4 Å². The number of nitrogens with two attached hydrogens (primary N) is 1. The highest BCUT2D eigenvalue weighted by molar-refractivity contribution is 7.12. The maximum Gasteiger partial charge on any atom is 0.265 e. The average molecular weight is 328 g/mol. The van der Waals surface area contributed by atoms with Gasteiger partial charge in [-0.2, -0.15) is 0 Å². The van der Waals surface area contributed by atoms with Crippen LogP contribution in [0.1, 0.15) is 4.88 Å². The fourth-order valence-electron chi connectivity index (χ4n) is 1.40. The number of halogens is 2. The SMILES string of the molecule is N/C(=N/OCC(=O)Nc1ccc(F)c(Cl)c1)c1cccs1. The van der Waals surface area contributed by atoms with E-state index in [9.17, 15) is 9.18 Å². The van der Waals surface area contributed by atoms with Crippen LogP contribution >= 0.6 is 22.9 Å². The van der Waals surface area contributed by atoms with Gasteiger partial charge in [-0.15, -0.1) is 11.3 Å². The van der Waals surface area contributed by atoms with E-state index in [0.29, 0.717) is 5.69 Å². The molecule has 1 aromatic heterocycles. The van der Waals surface area contributed by atoms with Crippen LogP contribution in [-0.2, 0) is 9.63 Å². The quantitative estimate of drug-likeness (QED) is 0.503. The number of amides is 1. The molecule has 0 aliphatic carbocycles. The Bertz CT molecular complexity index is 661. The molecule has 0 aliphatic heterocycles. The largest absolute Gasteiger partial charge is 0.384 e. The van der Waals surface area contributed by atoms with Crippen molar-refractivity contribution in [3.05, 3.63) is 51.4 Å². The second-order valence-electron chi connectivity index (χ2n) is 3.90. The highest BCUT2D eigenvalue weighted by Gasteiger charge is 2.06. The van der Waals surface area contributed by atoms with E-state index >= 15 is 0 Å². The predicted octanol–water partition coefficient (Wildman–Crippen LogP) is 2.82. The lowest BCUT2D eigenvalue weighted by Crippen LogP contribution is -2.19.